The van der Waals surface area contributed by atoms with E-state index in [0.717, 1.165) is 11.7 Å². The van der Waals surface area contributed by atoms with E-state index in [-0.39, 0.29) is 6.10 Å². The molecule has 2 rings (SSSR count). The van der Waals surface area contributed by atoms with Crippen LogP contribution in [0.15, 0.2) is 11.0 Å². The Morgan fingerprint density at radius 3 is 2.60 bits per heavy atom. The summed E-state index contributed by atoms with van der Waals surface area (Å²) in [5, 5.41) is 9.35. The van der Waals surface area contributed by atoms with E-state index in [1.165, 1.54) is 17.7 Å². The van der Waals surface area contributed by atoms with Crippen LogP contribution in [0.3, 0.4) is 0 Å². The molecule has 2 aliphatic rings. The highest BCUT2D eigenvalue weighted by atomic mass is 32.2. The first-order chi connectivity index (χ1) is 6.88. The van der Waals surface area contributed by atoms with Crippen molar-refractivity contribution in [3.8, 4) is 0 Å². The lowest BCUT2D eigenvalue weighted by Crippen LogP contribution is -2.29. The van der Waals surface area contributed by atoms with Crippen LogP contribution in [-0.2, 0) is 0 Å². The Balaban J connectivity index is 2.13. The molecule has 1 saturated carbocycles. The second-order valence-electron chi connectivity index (χ2n) is 5.89. The van der Waals surface area contributed by atoms with Crippen LogP contribution in [0.5, 0.6) is 0 Å². The fraction of sp³-hybridized carbons (Fsp3) is 0.846. The highest BCUT2D eigenvalue weighted by Gasteiger charge is 2.56. The summed E-state index contributed by atoms with van der Waals surface area (Å²) >= 11 is 1.87. The summed E-state index contributed by atoms with van der Waals surface area (Å²) in [6, 6.07) is 0. The van der Waals surface area contributed by atoms with Crippen LogP contribution in [0.1, 0.15) is 40.5 Å². The van der Waals surface area contributed by atoms with E-state index in [1.807, 2.05) is 18.7 Å². The lowest BCUT2D eigenvalue weighted by molar-refractivity contribution is 0.178. The van der Waals surface area contributed by atoms with E-state index in [1.54, 1.807) is 0 Å². The van der Waals surface area contributed by atoms with Crippen LogP contribution in [0.25, 0.3) is 0 Å². The Bertz CT molecular complexity index is 293. The van der Waals surface area contributed by atoms with Gasteiger partial charge in [0.15, 0.2) is 0 Å². The molecule has 0 aromatic rings. The van der Waals surface area contributed by atoms with E-state index in [9.17, 15) is 5.11 Å². The van der Waals surface area contributed by atoms with Crippen LogP contribution < -0.4 is 0 Å². The second-order valence-corrected chi connectivity index (χ2v) is 6.95. The molecule has 0 heterocycles. The summed E-state index contributed by atoms with van der Waals surface area (Å²) in [6.45, 7) is 9.07. The quantitative estimate of drug-likeness (QED) is 0.795. The van der Waals surface area contributed by atoms with Gasteiger partial charge < -0.3 is 5.11 Å². The lowest BCUT2D eigenvalue weighted by atomic mass is 9.70. The van der Waals surface area contributed by atoms with Crippen molar-refractivity contribution in [1.29, 1.82) is 0 Å². The molecule has 0 spiro atoms. The van der Waals surface area contributed by atoms with Gasteiger partial charge in [0, 0.05) is 11.2 Å². The predicted molar refractivity (Wildman–Crippen MR) is 66.8 cm³/mol. The highest BCUT2D eigenvalue weighted by molar-refractivity contribution is 8.03. The minimum Gasteiger partial charge on any atom is -0.393 e. The Labute approximate surface area is 97.3 Å². The van der Waals surface area contributed by atoms with Gasteiger partial charge in [-0.15, -0.1) is 11.8 Å². The fourth-order valence-corrected chi connectivity index (χ4v) is 4.42. The first-order valence-corrected chi connectivity index (χ1v) is 6.89. The number of fused-ring (bicyclic) bond motifs is 2. The molecule has 0 aromatic carbocycles. The highest BCUT2D eigenvalue weighted by Crippen LogP contribution is 2.67. The number of allylic oxidation sites excluding steroid dienone is 2. The van der Waals surface area contributed by atoms with Gasteiger partial charge in [0.25, 0.3) is 0 Å². The molecule has 15 heavy (non-hydrogen) atoms. The minimum atomic E-state index is -0.193. The Morgan fingerprint density at radius 2 is 2.20 bits per heavy atom. The maximum atomic E-state index is 9.35. The third-order valence-corrected chi connectivity index (χ3v) is 6.23. The standard InChI is InChI=1S/C13H22OS/c1-9(14)8-15-11-7-10-5-6-13(11,4)12(10,2)3/h7,9-10,14H,5-6,8H2,1-4H3/t9-,10+,13-/m0/s1. The van der Waals surface area contributed by atoms with E-state index in [2.05, 4.69) is 26.8 Å². The van der Waals surface area contributed by atoms with Crippen molar-refractivity contribution < 1.29 is 5.11 Å². The zero-order chi connectivity index (χ0) is 11.3. The number of hydrogen-bond acceptors (Lipinski definition) is 2. The van der Waals surface area contributed by atoms with Crippen molar-refractivity contribution in [3.63, 3.8) is 0 Å². The molecule has 0 amide bonds. The van der Waals surface area contributed by atoms with Crippen LogP contribution in [0, 0.1) is 16.7 Å². The van der Waals surface area contributed by atoms with Crippen molar-refractivity contribution in [1.82, 2.24) is 0 Å². The average molecular weight is 226 g/mol. The third kappa shape index (κ3) is 1.57. The maximum absolute atomic E-state index is 9.35. The summed E-state index contributed by atoms with van der Waals surface area (Å²) in [4.78, 5) is 1.53. The average Bonchev–Trinajstić information content (AvgIpc) is 2.46. The number of rotatable bonds is 3. The summed E-state index contributed by atoms with van der Waals surface area (Å²) in [7, 11) is 0. The predicted octanol–water partition coefficient (Wildman–Crippen LogP) is 3.44. The van der Waals surface area contributed by atoms with Crippen LogP contribution in [0.2, 0.25) is 0 Å². The Kier molecular flexibility index (Phi) is 2.71. The topological polar surface area (TPSA) is 20.2 Å². The summed E-state index contributed by atoms with van der Waals surface area (Å²) < 4.78 is 0. The van der Waals surface area contributed by atoms with Gasteiger partial charge in [-0.2, -0.15) is 0 Å². The monoisotopic (exact) mass is 226 g/mol. The van der Waals surface area contributed by atoms with Crippen molar-refractivity contribution in [2.75, 3.05) is 5.75 Å². The van der Waals surface area contributed by atoms with Crippen molar-refractivity contribution in [2.45, 2.75) is 46.6 Å². The van der Waals surface area contributed by atoms with Crippen LogP contribution >= 0.6 is 11.8 Å². The SMILES string of the molecule is C[C@H](O)CSC1=C[C@H]2CC[C@]1(C)C2(C)C. The van der Waals surface area contributed by atoms with Gasteiger partial charge in [-0.25, -0.2) is 0 Å². The molecular weight excluding hydrogens is 204 g/mol. The van der Waals surface area contributed by atoms with Crippen LogP contribution in [-0.4, -0.2) is 17.0 Å². The molecule has 2 aliphatic carbocycles. The van der Waals surface area contributed by atoms with Gasteiger partial charge in [-0.3, -0.25) is 0 Å². The van der Waals surface area contributed by atoms with Gasteiger partial charge in [-0.1, -0.05) is 26.8 Å². The normalized spacial score (nSPS) is 39.3. The van der Waals surface area contributed by atoms with E-state index in [0.29, 0.717) is 10.8 Å². The molecule has 0 radical (unpaired) electrons. The molecule has 0 unspecified atom stereocenters. The molecule has 0 aromatic heterocycles. The molecule has 1 nitrogen and oxygen atoms in total. The smallest absolute Gasteiger partial charge is 0.0605 e. The van der Waals surface area contributed by atoms with E-state index >= 15 is 0 Å². The molecule has 1 fully saturated rings. The van der Waals surface area contributed by atoms with Gasteiger partial charge in [0.2, 0.25) is 0 Å². The zero-order valence-electron chi connectivity index (χ0n) is 10.2. The van der Waals surface area contributed by atoms with Crippen LogP contribution in [0.4, 0.5) is 0 Å². The van der Waals surface area contributed by atoms with Gasteiger partial charge in [-0.05, 0) is 36.0 Å². The van der Waals surface area contributed by atoms with E-state index in [4.69, 9.17) is 0 Å². The van der Waals surface area contributed by atoms with Crippen molar-refractivity contribution in [2.24, 2.45) is 16.7 Å². The Morgan fingerprint density at radius 1 is 1.53 bits per heavy atom. The molecule has 1 N–H and O–H groups in total. The molecule has 3 atom stereocenters. The van der Waals surface area contributed by atoms with Gasteiger partial charge >= 0.3 is 0 Å². The Hall–Kier alpha value is 0.0500. The lowest BCUT2D eigenvalue weighted by Gasteiger charge is -2.37. The molecule has 2 bridgehead atoms. The number of hydrogen-bond donors (Lipinski definition) is 1. The minimum absolute atomic E-state index is 0.193. The van der Waals surface area contributed by atoms with Crippen molar-refractivity contribution >= 4 is 11.8 Å². The molecule has 0 saturated heterocycles. The zero-order valence-corrected chi connectivity index (χ0v) is 11.0. The number of thioether (sulfide) groups is 1. The second kappa shape index (κ2) is 3.53. The maximum Gasteiger partial charge on any atom is 0.0605 e. The fourth-order valence-electron chi connectivity index (χ4n) is 3.05. The van der Waals surface area contributed by atoms with Crippen molar-refractivity contribution in [3.05, 3.63) is 11.0 Å². The first kappa shape index (κ1) is 11.5. The third-order valence-electron chi connectivity index (χ3n) is 4.68. The summed E-state index contributed by atoms with van der Waals surface area (Å²) in [5.41, 5.74) is 0.797. The summed E-state index contributed by atoms with van der Waals surface area (Å²) in [6.07, 6.45) is 4.95. The largest absolute Gasteiger partial charge is 0.393 e. The summed E-state index contributed by atoms with van der Waals surface area (Å²) in [5.74, 6) is 1.60. The molecular formula is C13H22OS. The number of aliphatic hydroxyl groups is 1. The molecule has 86 valence electrons. The van der Waals surface area contributed by atoms with E-state index < -0.39 is 0 Å². The number of aliphatic hydroxyl groups excluding tert-OH is 1. The first-order valence-electron chi connectivity index (χ1n) is 5.91. The molecule has 0 aliphatic heterocycles. The van der Waals surface area contributed by atoms with Gasteiger partial charge in [0.05, 0.1) is 6.10 Å². The van der Waals surface area contributed by atoms with Gasteiger partial charge in [0.1, 0.15) is 0 Å². The molecule has 2 heteroatoms.